The number of esters is 1. The number of nitrogens with one attached hydrogen (secondary N) is 2. The van der Waals surface area contributed by atoms with E-state index in [-0.39, 0.29) is 0 Å². The molecule has 1 rings (SSSR count). The van der Waals surface area contributed by atoms with Crippen molar-refractivity contribution in [2.75, 3.05) is 14.2 Å². The number of carbonyl (C=O) groups excluding carboxylic acids is 3. The Labute approximate surface area is 112 Å². The first kappa shape index (κ1) is 15.2. The minimum atomic E-state index is -1.44. The van der Waals surface area contributed by atoms with Crippen LogP contribution in [0.25, 0.3) is 0 Å². The van der Waals surface area contributed by atoms with Crippen LogP contribution in [0.2, 0.25) is 0 Å². The Morgan fingerprint density at radius 2 is 2.00 bits per heavy atom. The predicted molar refractivity (Wildman–Crippen MR) is 69.3 cm³/mol. The van der Waals surface area contributed by atoms with E-state index >= 15 is 0 Å². The van der Waals surface area contributed by atoms with Crippen molar-refractivity contribution in [1.29, 1.82) is 0 Å². The average Bonchev–Trinajstić information content (AvgIpc) is 2.45. The van der Waals surface area contributed by atoms with Crippen LogP contribution in [0.15, 0.2) is 11.6 Å². The fourth-order valence-electron chi connectivity index (χ4n) is 2.16. The van der Waals surface area contributed by atoms with Crippen molar-refractivity contribution < 1.29 is 19.1 Å². The standard InChI is InChI=1S/C13H20N2O4/c1-13(11(17)19-3,9-7-5-4-6-8-9)10(16)15-12(18)14-2/h7H,4-6,8H2,1-3H3,(H2,14,15,16,18)/t13-/m0/s1. The summed E-state index contributed by atoms with van der Waals surface area (Å²) in [6.45, 7) is 1.49. The zero-order chi connectivity index (χ0) is 14.5. The minimum Gasteiger partial charge on any atom is -0.468 e. The van der Waals surface area contributed by atoms with Gasteiger partial charge >= 0.3 is 12.0 Å². The summed E-state index contributed by atoms with van der Waals surface area (Å²) in [4.78, 5) is 35.5. The van der Waals surface area contributed by atoms with E-state index in [4.69, 9.17) is 4.74 Å². The van der Waals surface area contributed by atoms with Gasteiger partial charge in [-0.15, -0.1) is 0 Å². The molecule has 0 aromatic rings. The Morgan fingerprint density at radius 3 is 2.47 bits per heavy atom. The van der Waals surface area contributed by atoms with Gasteiger partial charge < -0.3 is 10.1 Å². The molecule has 0 aliphatic heterocycles. The summed E-state index contributed by atoms with van der Waals surface area (Å²) in [6, 6.07) is -0.642. The maximum atomic E-state index is 12.2. The largest absolute Gasteiger partial charge is 0.468 e. The molecule has 1 aliphatic carbocycles. The predicted octanol–water partition coefficient (Wildman–Crippen LogP) is 1.12. The molecule has 0 aromatic heterocycles. The lowest BCUT2D eigenvalue weighted by Crippen LogP contribution is -2.50. The number of amides is 3. The van der Waals surface area contributed by atoms with Crippen LogP contribution in [-0.2, 0) is 14.3 Å². The molecule has 0 spiro atoms. The van der Waals surface area contributed by atoms with Gasteiger partial charge in [0.15, 0.2) is 5.41 Å². The van der Waals surface area contributed by atoms with Crippen molar-refractivity contribution in [3.63, 3.8) is 0 Å². The second kappa shape index (κ2) is 6.36. The number of methoxy groups -OCH3 is 1. The Hall–Kier alpha value is -1.85. The fraction of sp³-hybridized carbons (Fsp3) is 0.615. The van der Waals surface area contributed by atoms with E-state index in [1.807, 2.05) is 6.08 Å². The molecule has 2 N–H and O–H groups in total. The van der Waals surface area contributed by atoms with Crippen LogP contribution in [0.1, 0.15) is 32.6 Å². The van der Waals surface area contributed by atoms with Crippen molar-refractivity contribution in [2.24, 2.45) is 5.41 Å². The van der Waals surface area contributed by atoms with Crippen LogP contribution in [0.4, 0.5) is 4.79 Å². The van der Waals surface area contributed by atoms with E-state index < -0.39 is 23.3 Å². The number of hydrogen-bond donors (Lipinski definition) is 2. The lowest BCUT2D eigenvalue weighted by molar-refractivity contribution is -0.154. The van der Waals surface area contributed by atoms with Crippen LogP contribution >= 0.6 is 0 Å². The molecule has 0 radical (unpaired) electrons. The summed E-state index contributed by atoms with van der Waals surface area (Å²) in [6.07, 6.45) is 5.34. The average molecular weight is 268 g/mol. The lowest BCUT2D eigenvalue weighted by atomic mass is 9.76. The molecule has 6 heteroatoms. The maximum Gasteiger partial charge on any atom is 0.325 e. The number of carbonyl (C=O) groups is 3. The first-order chi connectivity index (χ1) is 8.96. The Kier molecular flexibility index (Phi) is 5.09. The SMILES string of the molecule is CNC(=O)NC(=O)[C@@](C)(C(=O)OC)C1=CCCCC1. The normalized spacial score (nSPS) is 17.7. The third kappa shape index (κ3) is 3.13. The number of allylic oxidation sites excluding steroid dienone is 1. The number of ether oxygens (including phenoxy) is 1. The number of urea groups is 1. The van der Waals surface area contributed by atoms with E-state index in [9.17, 15) is 14.4 Å². The Morgan fingerprint density at radius 1 is 1.32 bits per heavy atom. The Balaban J connectivity index is 3.05. The molecule has 0 saturated heterocycles. The van der Waals surface area contributed by atoms with Gasteiger partial charge in [0.2, 0.25) is 5.91 Å². The van der Waals surface area contributed by atoms with E-state index in [1.54, 1.807) is 0 Å². The molecule has 106 valence electrons. The molecule has 0 fully saturated rings. The van der Waals surface area contributed by atoms with Crippen LogP contribution in [0.5, 0.6) is 0 Å². The summed E-state index contributed by atoms with van der Waals surface area (Å²) in [5, 5.41) is 4.44. The highest BCUT2D eigenvalue weighted by Crippen LogP contribution is 2.35. The molecule has 0 unspecified atom stereocenters. The summed E-state index contributed by atoms with van der Waals surface area (Å²) in [7, 11) is 2.63. The third-order valence-corrected chi connectivity index (χ3v) is 3.44. The second-order valence-electron chi connectivity index (χ2n) is 4.62. The highest BCUT2D eigenvalue weighted by atomic mass is 16.5. The van der Waals surface area contributed by atoms with Gasteiger partial charge in [-0.2, -0.15) is 0 Å². The summed E-state index contributed by atoms with van der Waals surface area (Å²) < 4.78 is 4.73. The maximum absolute atomic E-state index is 12.2. The zero-order valence-electron chi connectivity index (χ0n) is 11.5. The van der Waals surface area contributed by atoms with Gasteiger partial charge in [0, 0.05) is 7.05 Å². The molecule has 1 atom stereocenters. The number of hydrogen-bond acceptors (Lipinski definition) is 4. The first-order valence-corrected chi connectivity index (χ1v) is 6.28. The van der Waals surface area contributed by atoms with E-state index in [0.717, 1.165) is 19.3 Å². The lowest BCUT2D eigenvalue weighted by Gasteiger charge is -2.29. The Bertz CT molecular complexity index is 417. The fourth-order valence-corrected chi connectivity index (χ4v) is 2.16. The molecular weight excluding hydrogens is 248 g/mol. The van der Waals surface area contributed by atoms with Gasteiger partial charge in [-0.05, 0) is 38.2 Å². The highest BCUT2D eigenvalue weighted by Gasteiger charge is 2.46. The quantitative estimate of drug-likeness (QED) is 0.456. The smallest absolute Gasteiger partial charge is 0.325 e. The third-order valence-electron chi connectivity index (χ3n) is 3.44. The summed E-state index contributed by atoms with van der Waals surface area (Å²) >= 11 is 0. The molecule has 3 amide bonds. The van der Waals surface area contributed by atoms with Crippen molar-refractivity contribution in [2.45, 2.75) is 32.6 Å². The topological polar surface area (TPSA) is 84.5 Å². The van der Waals surface area contributed by atoms with Crippen molar-refractivity contribution in [3.8, 4) is 0 Å². The van der Waals surface area contributed by atoms with E-state index in [0.29, 0.717) is 12.0 Å². The van der Waals surface area contributed by atoms with Crippen molar-refractivity contribution >= 4 is 17.9 Å². The molecule has 6 nitrogen and oxygen atoms in total. The van der Waals surface area contributed by atoms with Gasteiger partial charge in [0.1, 0.15) is 0 Å². The molecule has 0 saturated carbocycles. The van der Waals surface area contributed by atoms with Crippen LogP contribution in [-0.4, -0.2) is 32.1 Å². The number of rotatable bonds is 3. The molecule has 19 heavy (non-hydrogen) atoms. The van der Waals surface area contributed by atoms with Gasteiger partial charge in [0.25, 0.3) is 0 Å². The van der Waals surface area contributed by atoms with Crippen molar-refractivity contribution in [3.05, 3.63) is 11.6 Å². The highest BCUT2D eigenvalue weighted by molar-refractivity contribution is 6.10. The minimum absolute atomic E-state index is 0.642. The molecule has 0 bridgehead atoms. The zero-order valence-corrected chi connectivity index (χ0v) is 11.5. The molecule has 1 aliphatic rings. The number of imide groups is 1. The van der Waals surface area contributed by atoms with E-state index in [2.05, 4.69) is 10.6 Å². The first-order valence-electron chi connectivity index (χ1n) is 6.28. The molecule has 0 aromatic carbocycles. The van der Waals surface area contributed by atoms with Crippen LogP contribution in [0, 0.1) is 5.41 Å². The van der Waals surface area contributed by atoms with Gasteiger partial charge in [-0.3, -0.25) is 14.9 Å². The monoisotopic (exact) mass is 268 g/mol. The molecular formula is C13H20N2O4. The van der Waals surface area contributed by atoms with Crippen LogP contribution < -0.4 is 10.6 Å². The molecule has 0 heterocycles. The van der Waals surface area contributed by atoms with Gasteiger partial charge in [-0.1, -0.05) is 6.08 Å². The van der Waals surface area contributed by atoms with Crippen LogP contribution in [0.3, 0.4) is 0 Å². The van der Waals surface area contributed by atoms with Gasteiger partial charge in [-0.25, -0.2) is 4.79 Å². The summed E-state index contributed by atoms with van der Waals surface area (Å²) in [5.41, 5.74) is -0.728. The van der Waals surface area contributed by atoms with Gasteiger partial charge in [0.05, 0.1) is 7.11 Å². The second-order valence-corrected chi connectivity index (χ2v) is 4.62. The van der Waals surface area contributed by atoms with E-state index in [1.165, 1.54) is 21.1 Å². The summed E-state index contributed by atoms with van der Waals surface area (Å²) in [5.74, 6) is -1.31. The van der Waals surface area contributed by atoms with Crippen molar-refractivity contribution in [1.82, 2.24) is 10.6 Å².